The fourth-order valence-electron chi connectivity index (χ4n) is 3.02. The highest BCUT2D eigenvalue weighted by Crippen LogP contribution is 2.21. The van der Waals surface area contributed by atoms with Crippen molar-refractivity contribution in [1.82, 2.24) is 10.2 Å². The first-order chi connectivity index (χ1) is 15.9. The van der Waals surface area contributed by atoms with E-state index >= 15 is 0 Å². The van der Waals surface area contributed by atoms with Gasteiger partial charge in [0.1, 0.15) is 18.0 Å². The van der Waals surface area contributed by atoms with Gasteiger partial charge < -0.3 is 19.7 Å². The highest BCUT2D eigenvalue weighted by molar-refractivity contribution is 5.96. The van der Waals surface area contributed by atoms with E-state index in [-0.39, 0.29) is 18.5 Å². The van der Waals surface area contributed by atoms with Gasteiger partial charge in [0.05, 0.1) is 6.04 Å². The monoisotopic (exact) mass is 446 g/mol. The predicted octanol–water partition coefficient (Wildman–Crippen LogP) is 3.97. The molecule has 0 aliphatic rings. The van der Waals surface area contributed by atoms with Gasteiger partial charge in [-0.05, 0) is 48.9 Å². The molecule has 0 heterocycles. The number of likely N-dealkylation sites (N-methyl/N-ethyl adjacent to an activating group) is 1. The van der Waals surface area contributed by atoms with Crippen LogP contribution in [0.5, 0.6) is 11.5 Å². The zero-order valence-electron chi connectivity index (χ0n) is 18.6. The topological polar surface area (TPSA) is 84.9 Å². The standard InChI is InChI=1S/C26H26N2O5/c1-19(20-9-5-3-6-10-20)28(2)24(29)18-32-25(30)17-27-26(31)21-13-15-23(16-14-21)33-22-11-7-4-8-12-22/h3-16,19H,17-18H2,1-2H3,(H,27,31). The number of hydrogen-bond acceptors (Lipinski definition) is 5. The average Bonchev–Trinajstić information content (AvgIpc) is 2.86. The molecule has 1 unspecified atom stereocenters. The molecular weight excluding hydrogens is 420 g/mol. The number of esters is 1. The van der Waals surface area contributed by atoms with E-state index < -0.39 is 18.5 Å². The van der Waals surface area contributed by atoms with Gasteiger partial charge in [0.15, 0.2) is 6.61 Å². The Morgan fingerprint density at radius 2 is 1.42 bits per heavy atom. The molecule has 0 saturated heterocycles. The van der Waals surface area contributed by atoms with Gasteiger partial charge in [-0.3, -0.25) is 14.4 Å². The highest BCUT2D eigenvalue weighted by Gasteiger charge is 2.19. The van der Waals surface area contributed by atoms with Crippen LogP contribution in [0.25, 0.3) is 0 Å². The number of rotatable bonds is 9. The van der Waals surface area contributed by atoms with Gasteiger partial charge in [-0.25, -0.2) is 0 Å². The molecular formula is C26H26N2O5. The maximum Gasteiger partial charge on any atom is 0.325 e. The van der Waals surface area contributed by atoms with E-state index in [1.807, 2.05) is 67.6 Å². The first-order valence-electron chi connectivity index (χ1n) is 10.5. The fraction of sp³-hybridized carbons (Fsp3) is 0.192. The minimum absolute atomic E-state index is 0.161. The van der Waals surface area contributed by atoms with Crippen LogP contribution < -0.4 is 10.1 Å². The Morgan fingerprint density at radius 3 is 2.06 bits per heavy atom. The van der Waals surface area contributed by atoms with Gasteiger partial charge in [0, 0.05) is 12.6 Å². The Balaban J connectivity index is 1.41. The zero-order valence-corrected chi connectivity index (χ0v) is 18.6. The Morgan fingerprint density at radius 1 is 0.848 bits per heavy atom. The van der Waals surface area contributed by atoms with Gasteiger partial charge in [-0.2, -0.15) is 0 Å². The van der Waals surface area contributed by atoms with E-state index in [4.69, 9.17) is 9.47 Å². The summed E-state index contributed by atoms with van der Waals surface area (Å²) in [6.07, 6.45) is 0. The number of benzene rings is 3. The summed E-state index contributed by atoms with van der Waals surface area (Å²) in [6.45, 7) is 1.16. The zero-order chi connectivity index (χ0) is 23.6. The first-order valence-corrected chi connectivity index (χ1v) is 10.5. The van der Waals surface area contributed by atoms with Crippen LogP contribution in [-0.2, 0) is 14.3 Å². The Kier molecular flexibility index (Phi) is 8.18. The normalized spacial score (nSPS) is 11.2. The first kappa shape index (κ1) is 23.5. The van der Waals surface area contributed by atoms with Gasteiger partial charge in [0.2, 0.25) is 0 Å². The SMILES string of the molecule is CC(c1ccccc1)N(C)C(=O)COC(=O)CNC(=O)c1ccc(Oc2ccccc2)cc1. The average molecular weight is 447 g/mol. The second-order valence-corrected chi connectivity index (χ2v) is 7.37. The summed E-state index contributed by atoms with van der Waals surface area (Å²) in [5.41, 5.74) is 1.35. The smallest absolute Gasteiger partial charge is 0.325 e. The van der Waals surface area contributed by atoms with Crippen LogP contribution >= 0.6 is 0 Å². The number of hydrogen-bond donors (Lipinski definition) is 1. The number of amides is 2. The second-order valence-electron chi connectivity index (χ2n) is 7.37. The van der Waals surface area contributed by atoms with Gasteiger partial charge >= 0.3 is 5.97 Å². The summed E-state index contributed by atoms with van der Waals surface area (Å²) in [4.78, 5) is 38.1. The fourth-order valence-corrected chi connectivity index (χ4v) is 3.02. The van der Waals surface area contributed by atoms with Crippen LogP contribution in [0.4, 0.5) is 0 Å². The third kappa shape index (κ3) is 6.93. The largest absolute Gasteiger partial charge is 0.457 e. The maximum absolute atomic E-state index is 12.3. The van der Waals surface area contributed by atoms with Crippen LogP contribution in [0.15, 0.2) is 84.9 Å². The quantitative estimate of drug-likeness (QED) is 0.503. The Bertz CT molecular complexity index is 1070. The number of ether oxygens (including phenoxy) is 2. The highest BCUT2D eigenvalue weighted by atomic mass is 16.5. The minimum atomic E-state index is -0.693. The van der Waals surface area contributed by atoms with Crippen molar-refractivity contribution in [2.75, 3.05) is 20.2 Å². The third-order valence-electron chi connectivity index (χ3n) is 5.10. The van der Waals surface area contributed by atoms with Crippen molar-refractivity contribution in [3.63, 3.8) is 0 Å². The summed E-state index contributed by atoms with van der Waals surface area (Å²) >= 11 is 0. The van der Waals surface area contributed by atoms with E-state index in [0.29, 0.717) is 17.1 Å². The third-order valence-corrected chi connectivity index (χ3v) is 5.10. The molecule has 3 aromatic carbocycles. The molecule has 7 nitrogen and oxygen atoms in total. The molecule has 0 aliphatic carbocycles. The molecule has 0 saturated carbocycles. The molecule has 3 aromatic rings. The lowest BCUT2D eigenvalue weighted by Gasteiger charge is -2.25. The summed E-state index contributed by atoms with van der Waals surface area (Å²) < 4.78 is 10.7. The Hall–Kier alpha value is -4.13. The molecule has 2 amide bonds. The maximum atomic E-state index is 12.3. The number of para-hydroxylation sites is 1. The molecule has 1 atom stereocenters. The lowest BCUT2D eigenvalue weighted by molar-refractivity contribution is -0.151. The molecule has 0 bridgehead atoms. The van der Waals surface area contributed by atoms with Gasteiger partial charge in [-0.15, -0.1) is 0 Å². The van der Waals surface area contributed by atoms with E-state index in [9.17, 15) is 14.4 Å². The van der Waals surface area contributed by atoms with Crippen molar-refractivity contribution < 1.29 is 23.9 Å². The number of nitrogens with one attached hydrogen (secondary N) is 1. The molecule has 33 heavy (non-hydrogen) atoms. The van der Waals surface area contributed by atoms with Crippen molar-refractivity contribution >= 4 is 17.8 Å². The van der Waals surface area contributed by atoms with Gasteiger partial charge in [0.25, 0.3) is 11.8 Å². The number of carbonyl (C=O) groups excluding carboxylic acids is 3. The summed E-state index contributed by atoms with van der Waals surface area (Å²) in [7, 11) is 1.65. The molecule has 0 fully saturated rings. The minimum Gasteiger partial charge on any atom is -0.457 e. The van der Waals surface area contributed by atoms with E-state index in [0.717, 1.165) is 5.56 Å². The molecule has 0 aliphatic heterocycles. The van der Waals surface area contributed by atoms with E-state index in [2.05, 4.69) is 5.32 Å². The molecule has 3 rings (SSSR count). The molecule has 1 N–H and O–H groups in total. The van der Waals surface area contributed by atoms with E-state index in [1.165, 1.54) is 4.90 Å². The summed E-state index contributed by atoms with van der Waals surface area (Å²) in [6, 6.07) is 25.2. The van der Waals surface area contributed by atoms with Crippen LogP contribution in [0, 0.1) is 0 Å². The molecule has 170 valence electrons. The Labute approximate surface area is 192 Å². The lowest BCUT2D eigenvalue weighted by Crippen LogP contribution is -2.36. The molecule has 7 heteroatoms. The summed E-state index contributed by atoms with van der Waals surface area (Å²) in [5, 5.41) is 2.49. The van der Waals surface area contributed by atoms with Crippen LogP contribution in [-0.4, -0.2) is 42.9 Å². The van der Waals surface area contributed by atoms with Gasteiger partial charge in [-0.1, -0.05) is 48.5 Å². The lowest BCUT2D eigenvalue weighted by atomic mass is 10.1. The summed E-state index contributed by atoms with van der Waals surface area (Å²) in [5.74, 6) is -0.179. The molecule has 0 radical (unpaired) electrons. The van der Waals surface area contributed by atoms with Crippen LogP contribution in [0.3, 0.4) is 0 Å². The molecule has 0 spiro atoms. The van der Waals surface area contributed by atoms with Crippen molar-refractivity contribution in [2.24, 2.45) is 0 Å². The van der Waals surface area contributed by atoms with Crippen molar-refractivity contribution in [1.29, 1.82) is 0 Å². The predicted molar refractivity (Wildman–Crippen MR) is 124 cm³/mol. The van der Waals surface area contributed by atoms with Crippen molar-refractivity contribution in [3.05, 3.63) is 96.1 Å². The van der Waals surface area contributed by atoms with Crippen LogP contribution in [0.2, 0.25) is 0 Å². The van der Waals surface area contributed by atoms with Crippen molar-refractivity contribution in [2.45, 2.75) is 13.0 Å². The second kappa shape index (κ2) is 11.5. The van der Waals surface area contributed by atoms with Crippen molar-refractivity contribution in [3.8, 4) is 11.5 Å². The number of carbonyl (C=O) groups is 3. The number of nitrogens with zero attached hydrogens (tertiary/aromatic N) is 1. The molecule has 0 aromatic heterocycles. The van der Waals surface area contributed by atoms with Crippen LogP contribution in [0.1, 0.15) is 28.9 Å². The van der Waals surface area contributed by atoms with E-state index in [1.54, 1.807) is 31.3 Å².